The molecule has 1 heterocycles. The average molecular weight is 242 g/mol. The largest absolute Gasteiger partial charge is 0.395 e. The molecular weight excluding hydrogens is 224 g/mol. The Hall–Kier alpha value is -1.01. The molecule has 0 aliphatic carbocycles. The molecule has 3 N–H and O–H groups in total. The van der Waals surface area contributed by atoms with E-state index in [1.165, 1.54) is 11.8 Å². The number of nitrogen functional groups attached to an aromatic ring is 1. The van der Waals surface area contributed by atoms with Gasteiger partial charge in [-0.3, -0.25) is 0 Å². The summed E-state index contributed by atoms with van der Waals surface area (Å²) in [6.07, 6.45) is 1.91. The van der Waals surface area contributed by atoms with E-state index in [-0.39, 0.29) is 12.6 Å². The van der Waals surface area contributed by atoms with Crippen LogP contribution in [0.2, 0.25) is 0 Å². The van der Waals surface area contributed by atoms with Crippen LogP contribution in [0.1, 0.15) is 13.8 Å². The number of aromatic nitrogens is 2. The lowest BCUT2D eigenvalue weighted by Gasteiger charge is -2.27. The van der Waals surface area contributed by atoms with Crippen molar-refractivity contribution in [1.82, 2.24) is 9.97 Å². The standard InChI is InChI=1S/C10H18N4OS/c1-7(2)14(4-5-15)9-6-8(11)12-10(13-9)16-3/h6-7,15H,4-5H2,1-3H3,(H2,11,12,13). The Bertz CT molecular complexity index is 346. The fourth-order valence-electron chi connectivity index (χ4n) is 1.41. The van der Waals surface area contributed by atoms with Gasteiger partial charge in [0.25, 0.3) is 0 Å². The highest BCUT2D eigenvalue weighted by Gasteiger charge is 2.13. The summed E-state index contributed by atoms with van der Waals surface area (Å²) in [6.45, 7) is 4.73. The Balaban J connectivity index is 3.03. The van der Waals surface area contributed by atoms with Crippen LogP contribution < -0.4 is 10.6 Å². The molecule has 0 amide bonds. The van der Waals surface area contributed by atoms with Crippen molar-refractivity contribution < 1.29 is 5.11 Å². The first-order chi connectivity index (χ1) is 7.58. The highest BCUT2D eigenvalue weighted by Crippen LogP contribution is 2.20. The molecule has 1 rings (SSSR count). The Kier molecular flexibility index (Phi) is 4.82. The van der Waals surface area contributed by atoms with Crippen molar-refractivity contribution in [3.8, 4) is 0 Å². The van der Waals surface area contributed by atoms with Crippen LogP contribution in [0.5, 0.6) is 0 Å². The molecule has 16 heavy (non-hydrogen) atoms. The summed E-state index contributed by atoms with van der Waals surface area (Å²) >= 11 is 1.45. The fourth-order valence-corrected chi connectivity index (χ4v) is 1.80. The SMILES string of the molecule is CSc1nc(N)cc(N(CCO)C(C)C)n1. The van der Waals surface area contributed by atoms with Gasteiger partial charge in [0.05, 0.1) is 6.61 Å². The first kappa shape index (κ1) is 13.1. The summed E-state index contributed by atoms with van der Waals surface area (Å²) in [5, 5.41) is 9.67. The van der Waals surface area contributed by atoms with Gasteiger partial charge >= 0.3 is 0 Å². The smallest absolute Gasteiger partial charge is 0.191 e. The molecule has 0 fully saturated rings. The van der Waals surface area contributed by atoms with Gasteiger partial charge < -0.3 is 15.7 Å². The zero-order valence-electron chi connectivity index (χ0n) is 9.84. The molecule has 0 aliphatic rings. The van der Waals surface area contributed by atoms with Crippen molar-refractivity contribution in [3.05, 3.63) is 6.07 Å². The van der Waals surface area contributed by atoms with Gasteiger partial charge in [-0.15, -0.1) is 0 Å². The van der Waals surface area contributed by atoms with Gasteiger partial charge in [-0.1, -0.05) is 11.8 Å². The van der Waals surface area contributed by atoms with E-state index in [9.17, 15) is 0 Å². The number of aliphatic hydroxyl groups excluding tert-OH is 1. The Morgan fingerprint density at radius 2 is 2.19 bits per heavy atom. The topological polar surface area (TPSA) is 75.3 Å². The van der Waals surface area contributed by atoms with Crippen molar-refractivity contribution in [2.24, 2.45) is 0 Å². The molecule has 1 aromatic rings. The minimum atomic E-state index is 0.0939. The van der Waals surface area contributed by atoms with Crippen LogP contribution in [0.15, 0.2) is 11.2 Å². The normalized spacial score (nSPS) is 10.8. The van der Waals surface area contributed by atoms with Gasteiger partial charge in [-0.05, 0) is 20.1 Å². The van der Waals surface area contributed by atoms with Crippen molar-refractivity contribution in [2.75, 3.05) is 30.0 Å². The highest BCUT2D eigenvalue weighted by molar-refractivity contribution is 7.98. The van der Waals surface area contributed by atoms with Crippen molar-refractivity contribution in [2.45, 2.75) is 25.0 Å². The molecule has 0 spiro atoms. The number of aliphatic hydroxyl groups is 1. The molecule has 0 radical (unpaired) electrons. The maximum absolute atomic E-state index is 9.02. The van der Waals surface area contributed by atoms with Crippen LogP contribution in [0.25, 0.3) is 0 Å². The minimum absolute atomic E-state index is 0.0939. The molecule has 0 aliphatic heterocycles. The van der Waals surface area contributed by atoms with E-state index in [0.29, 0.717) is 17.5 Å². The Labute approximate surface area is 100 Å². The fraction of sp³-hybridized carbons (Fsp3) is 0.600. The van der Waals surface area contributed by atoms with Crippen LogP contribution in [-0.2, 0) is 0 Å². The van der Waals surface area contributed by atoms with Crippen molar-refractivity contribution in [1.29, 1.82) is 0 Å². The molecule has 0 saturated carbocycles. The quantitative estimate of drug-likeness (QED) is 0.592. The number of anilines is 2. The van der Waals surface area contributed by atoms with Gasteiger partial charge in [-0.2, -0.15) is 0 Å². The summed E-state index contributed by atoms with van der Waals surface area (Å²) in [4.78, 5) is 10.5. The second-order valence-corrected chi connectivity index (χ2v) is 4.42. The van der Waals surface area contributed by atoms with Gasteiger partial charge in [0.1, 0.15) is 11.6 Å². The van der Waals surface area contributed by atoms with Gasteiger partial charge in [0.15, 0.2) is 5.16 Å². The maximum atomic E-state index is 9.02. The molecule has 5 nitrogen and oxygen atoms in total. The minimum Gasteiger partial charge on any atom is -0.395 e. The van der Waals surface area contributed by atoms with E-state index in [2.05, 4.69) is 9.97 Å². The molecule has 0 atom stereocenters. The second-order valence-electron chi connectivity index (χ2n) is 3.65. The molecule has 1 aromatic heterocycles. The van der Waals surface area contributed by atoms with E-state index in [4.69, 9.17) is 10.8 Å². The van der Waals surface area contributed by atoms with Crippen molar-refractivity contribution in [3.63, 3.8) is 0 Å². The van der Waals surface area contributed by atoms with E-state index < -0.39 is 0 Å². The first-order valence-corrected chi connectivity index (χ1v) is 6.37. The molecule has 0 unspecified atom stereocenters. The van der Waals surface area contributed by atoms with Crippen LogP contribution in [-0.4, -0.2) is 40.5 Å². The molecule has 6 heteroatoms. The van der Waals surface area contributed by atoms with E-state index in [1.54, 1.807) is 6.07 Å². The van der Waals surface area contributed by atoms with Crippen LogP contribution in [0.3, 0.4) is 0 Å². The number of nitrogens with two attached hydrogens (primary N) is 1. The third-order valence-electron chi connectivity index (χ3n) is 2.15. The molecule has 0 aromatic carbocycles. The average Bonchev–Trinajstić information content (AvgIpc) is 2.24. The van der Waals surface area contributed by atoms with Crippen LogP contribution in [0.4, 0.5) is 11.6 Å². The highest BCUT2D eigenvalue weighted by atomic mass is 32.2. The van der Waals surface area contributed by atoms with Crippen LogP contribution >= 0.6 is 11.8 Å². The Morgan fingerprint density at radius 1 is 1.50 bits per heavy atom. The Morgan fingerprint density at radius 3 is 2.69 bits per heavy atom. The lowest BCUT2D eigenvalue weighted by Crippen LogP contribution is -2.34. The van der Waals surface area contributed by atoms with E-state index >= 15 is 0 Å². The second kappa shape index (κ2) is 5.91. The third kappa shape index (κ3) is 3.24. The zero-order valence-corrected chi connectivity index (χ0v) is 10.7. The zero-order chi connectivity index (χ0) is 12.1. The molecule has 90 valence electrons. The molecule has 0 bridgehead atoms. The monoisotopic (exact) mass is 242 g/mol. The number of nitrogens with zero attached hydrogens (tertiary/aromatic N) is 3. The predicted molar refractivity (Wildman–Crippen MR) is 67.8 cm³/mol. The summed E-state index contributed by atoms with van der Waals surface area (Å²) in [5.41, 5.74) is 5.72. The number of hydrogen-bond donors (Lipinski definition) is 2. The molecule has 0 saturated heterocycles. The lowest BCUT2D eigenvalue weighted by atomic mass is 10.3. The van der Waals surface area contributed by atoms with Crippen LogP contribution in [0, 0.1) is 0 Å². The maximum Gasteiger partial charge on any atom is 0.191 e. The summed E-state index contributed by atoms with van der Waals surface area (Å²) in [5.74, 6) is 1.22. The first-order valence-electron chi connectivity index (χ1n) is 5.14. The number of thioether (sulfide) groups is 1. The molecular formula is C10H18N4OS. The summed E-state index contributed by atoms with van der Waals surface area (Å²) < 4.78 is 0. The third-order valence-corrected chi connectivity index (χ3v) is 2.70. The summed E-state index contributed by atoms with van der Waals surface area (Å²) in [6, 6.07) is 1.99. The van der Waals surface area contributed by atoms with Gasteiger partial charge in [-0.25, -0.2) is 9.97 Å². The number of rotatable bonds is 5. The predicted octanol–water partition coefficient (Wildman–Crippen LogP) is 0.988. The van der Waals surface area contributed by atoms with E-state index in [1.807, 2.05) is 25.0 Å². The van der Waals surface area contributed by atoms with E-state index in [0.717, 1.165) is 5.82 Å². The van der Waals surface area contributed by atoms with Crippen molar-refractivity contribution >= 4 is 23.4 Å². The lowest BCUT2D eigenvalue weighted by molar-refractivity contribution is 0.298. The van der Waals surface area contributed by atoms with Gasteiger partial charge in [0, 0.05) is 18.7 Å². The van der Waals surface area contributed by atoms with Gasteiger partial charge in [0.2, 0.25) is 0 Å². The number of hydrogen-bond acceptors (Lipinski definition) is 6. The summed E-state index contributed by atoms with van der Waals surface area (Å²) in [7, 11) is 0.